The normalized spacial score (nSPS) is 12.7. The van der Waals surface area contributed by atoms with E-state index in [1.807, 2.05) is 25.1 Å². The number of nitrogen functional groups attached to an aromatic ring is 1. The Hall–Kier alpha value is -2.53. The van der Waals surface area contributed by atoms with E-state index in [9.17, 15) is 9.59 Å². The Balaban J connectivity index is 0.00000280. The molecule has 0 atom stereocenters. The molecule has 0 unspecified atom stereocenters. The van der Waals surface area contributed by atoms with Crippen molar-refractivity contribution in [3.63, 3.8) is 0 Å². The fraction of sp³-hybridized carbons (Fsp3) is 0.364. The molecule has 0 radical (unpaired) electrons. The SMILES string of the molecule is CCCOc1ccc(C(=O)CCC(=O)N2CCCc3c(N)cccc32)cc1.Cl. The van der Waals surface area contributed by atoms with Crippen LogP contribution in [0.2, 0.25) is 0 Å². The Kier molecular flexibility index (Phi) is 7.88. The summed E-state index contributed by atoms with van der Waals surface area (Å²) < 4.78 is 5.53. The molecule has 0 spiro atoms. The maximum absolute atomic E-state index is 12.7. The number of anilines is 2. The number of amides is 1. The summed E-state index contributed by atoms with van der Waals surface area (Å²) in [6.45, 7) is 3.38. The number of nitrogens with zero attached hydrogens (tertiary/aromatic N) is 1. The van der Waals surface area contributed by atoms with Gasteiger partial charge in [-0.1, -0.05) is 13.0 Å². The van der Waals surface area contributed by atoms with E-state index in [4.69, 9.17) is 10.5 Å². The second kappa shape index (κ2) is 10.1. The average Bonchev–Trinajstić information content (AvgIpc) is 2.70. The minimum absolute atomic E-state index is 0. The molecule has 2 N–H and O–H groups in total. The average molecular weight is 403 g/mol. The van der Waals surface area contributed by atoms with Gasteiger partial charge in [0, 0.05) is 36.3 Å². The molecule has 3 rings (SSSR count). The highest BCUT2D eigenvalue weighted by atomic mass is 35.5. The van der Waals surface area contributed by atoms with Crippen molar-refractivity contribution in [2.24, 2.45) is 0 Å². The summed E-state index contributed by atoms with van der Waals surface area (Å²) in [6.07, 6.45) is 3.11. The first-order valence-electron chi connectivity index (χ1n) is 9.54. The number of halogens is 1. The maximum Gasteiger partial charge on any atom is 0.227 e. The van der Waals surface area contributed by atoms with Gasteiger partial charge in [-0.3, -0.25) is 9.59 Å². The maximum atomic E-state index is 12.7. The summed E-state index contributed by atoms with van der Waals surface area (Å²) in [5.74, 6) is 0.694. The first-order chi connectivity index (χ1) is 13.1. The van der Waals surface area contributed by atoms with Crippen molar-refractivity contribution >= 4 is 35.5 Å². The smallest absolute Gasteiger partial charge is 0.227 e. The fourth-order valence-electron chi connectivity index (χ4n) is 3.37. The standard InChI is InChI=1S/C22H26N2O3.ClH/c1-2-15-27-17-10-8-16(9-11-17)21(25)12-13-22(26)24-14-4-5-18-19(23)6-3-7-20(18)24;/h3,6-11H,2,4-5,12-15,23H2,1H3;1H. The molecule has 0 bridgehead atoms. The molecule has 2 aromatic rings. The van der Waals surface area contributed by atoms with E-state index < -0.39 is 0 Å². The van der Waals surface area contributed by atoms with Crippen molar-refractivity contribution in [1.82, 2.24) is 0 Å². The van der Waals surface area contributed by atoms with Gasteiger partial charge < -0.3 is 15.4 Å². The first-order valence-corrected chi connectivity index (χ1v) is 9.54. The molecule has 0 saturated heterocycles. The zero-order chi connectivity index (χ0) is 19.2. The minimum Gasteiger partial charge on any atom is -0.494 e. The van der Waals surface area contributed by atoms with Crippen LogP contribution >= 0.6 is 12.4 Å². The number of Topliss-reactive ketones (excluding diaryl/α,β-unsaturated/α-hetero) is 1. The summed E-state index contributed by atoms with van der Waals surface area (Å²) in [4.78, 5) is 26.9. The van der Waals surface area contributed by atoms with Crippen molar-refractivity contribution in [3.05, 3.63) is 53.6 Å². The van der Waals surface area contributed by atoms with E-state index in [1.54, 1.807) is 29.2 Å². The molecule has 0 aliphatic carbocycles. The fourth-order valence-corrected chi connectivity index (χ4v) is 3.37. The summed E-state index contributed by atoms with van der Waals surface area (Å²) in [5.41, 5.74) is 9.30. The van der Waals surface area contributed by atoms with Crippen LogP contribution in [0.5, 0.6) is 5.75 Å². The van der Waals surface area contributed by atoms with Crippen LogP contribution in [-0.4, -0.2) is 24.8 Å². The van der Waals surface area contributed by atoms with E-state index >= 15 is 0 Å². The Morgan fingerprint density at radius 2 is 1.86 bits per heavy atom. The number of carbonyl (C=O) groups is 2. The molecule has 1 amide bonds. The molecule has 0 saturated carbocycles. The van der Waals surface area contributed by atoms with Gasteiger partial charge in [-0.05, 0) is 61.2 Å². The number of ether oxygens (including phenoxy) is 1. The van der Waals surface area contributed by atoms with E-state index in [-0.39, 0.29) is 36.9 Å². The van der Waals surface area contributed by atoms with Gasteiger partial charge in [-0.2, -0.15) is 0 Å². The van der Waals surface area contributed by atoms with Crippen LogP contribution in [0, 0.1) is 0 Å². The lowest BCUT2D eigenvalue weighted by atomic mass is 9.99. The van der Waals surface area contributed by atoms with Gasteiger partial charge >= 0.3 is 0 Å². The quantitative estimate of drug-likeness (QED) is 0.549. The lowest BCUT2D eigenvalue weighted by Gasteiger charge is -2.30. The van der Waals surface area contributed by atoms with Crippen LogP contribution in [0.15, 0.2) is 42.5 Å². The topological polar surface area (TPSA) is 72.6 Å². The first kappa shape index (κ1) is 21.8. The van der Waals surface area contributed by atoms with Gasteiger partial charge in [0.05, 0.1) is 6.61 Å². The molecule has 150 valence electrons. The van der Waals surface area contributed by atoms with E-state index in [0.717, 1.165) is 42.0 Å². The third-order valence-electron chi connectivity index (χ3n) is 4.80. The third-order valence-corrected chi connectivity index (χ3v) is 4.80. The number of rotatable bonds is 7. The molecular weight excluding hydrogens is 376 g/mol. The van der Waals surface area contributed by atoms with Crippen LogP contribution in [0.3, 0.4) is 0 Å². The lowest BCUT2D eigenvalue weighted by Crippen LogP contribution is -2.35. The van der Waals surface area contributed by atoms with Gasteiger partial charge in [0.1, 0.15) is 5.75 Å². The van der Waals surface area contributed by atoms with Crippen molar-refractivity contribution in [2.45, 2.75) is 39.0 Å². The van der Waals surface area contributed by atoms with Crippen LogP contribution in [0.25, 0.3) is 0 Å². The summed E-state index contributed by atoms with van der Waals surface area (Å²) in [5, 5.41) is 0. The molecule has 0 fully saturated rings. The predicted molar refractivity (Wildman–Crippen MR) is 115 cm³/mol. The number of fused-ring (bicyclic) bond motifs is 1. The third kappa shape index (κ3) is 5.04. The highest BCUT2D eigenvalue weighted by Gasteiger charge is 2.24. The largest absolute Gasteiger partial charge is 0.494 e. The Labute approximate surface area is 172 Å². The number of hydrogen-bond acceptors (Lipinski definition) is 4. The molecule has 6 heteroatoms. The molecular formula is C22H27ClN2O3. The van der Waals surface area contributed by atoms with Gasteiger partial charge in [0.15, 0.2) is 5.78 Å². The predicted octanol–water partition coefficient (Wildman–Crippen LogP) is 4.42. The second-order valence-corrected chi connectivity index (χ2v) is 6.79. The van der Waals surface area contributed by atoms with Crippen LogP contribution in [0.4, 0.5) is 11.4 Å². The van der Waals surface area contributed by atoms with Gasteiger partial charge in [-0.25, -0.2) is 0 Å². The molecule has 2 aromatic carbocycles. The molecule has 1 aliphatic rings. The zero-order valence-electron chi connectivity index (χ0n) is 16.1. The second-order valence-electron chi connectivity index (χ2n) is 6.79. The molecule has 1 heterocycles. The Bertz CT molecular complexity index is 821. The molecule has 28 heavy (non-hydrogen) atoms. The number of benzene rings is 2. The van der Waals surface area contributed by atoms with Crippen LogP contribution in [0.1, 0.15) is 48.5 Å². The monoisotopic (exact) mass is 402 g/mol. The molecule has 0 aromatic heterocycles. The van der Waals surface area contributed by atoms with Gasteiger partial charge in [-0.15, -0.1) is 12.4 Å². The van der Waals surface area contributed by atoms with E-state index in [0.29, 0.717) is 18.7 Å². The number of carbonyl (C=O) groups excluding carboxylic acids is 2. The van der Waals surface area contributed by atoms with Gasteiger partial charge in [0.2, 0.25) is 5.91 Å². The van der Waals surface area contributed by atoms with E-state index in [1.165, 1.54) is 0 Å². The van der Waals surface area contributed by atoms with E-state index in [2.05, 4.69) is 0 Å². The van der Waals surface area contributed by atoms with Crippen molar-refractivity contribution < 1.29 is 14.3 Å². The minimum atomic E-state index is -0.0322. The van der Waals surface area contributed by atoms with Crippen molar-refractivity contribution in [3.8, 4) is 5.75 Å². The Morgan fingerprint density at radius 3 is 2.57 bits per heavy atom. The summed E-state index contributed by atoms with van der Waals surface area (Å²) >= 11 is 0. The van der Waals surface area contributed by atoms with Crippen molar-refractivity contribution in [1.29, 1.82) is 0 Å². The zero-order valence-corrected chi connectivity index (χ0v) is 17.0. The molecule has 5 nitrogen and oxygen atoms in total. The summed E-state index contributed by atoms with van der Waals surface area (Å²) in [7, 11) is 0. The van der Waals surface area contributed by atoms with Crippen molar-refractivity contribution in [2.75, 3.05) is 23.8 Å². The molecule has 1 aliphatic heterocycles. The number of ketones is 1. The highest BCUT2D eigenvalue weighted by molar-refractivity contribution is 6.01. The van der Waals surface area contributed by atoms with Gasteiger partial charge in [0.25, 0.3) is 0 Å². The highest BCUT2D eigenvalue weighted by Crippen LogP contribution is 2.31. The Morgan fingerprint density at radius 1 is 1.11 bits per heavy atom. The summed E-state index contributed by atoms with van der Waals surface area (Å²) in [6, 6.07) is 12.8. The lowest BCUT2D eigenvalue weighted by molar-refractivity contribution is -0.118. The number of nitrogens with two attached hydrogens (primary N) is 1. The van der Waals surface area contributed by atoms with Crippen LogP contribution in [-0.2, 0) is 11.2 Å². The van der Waals surface area contributed by atoms with Crippen LogP contribution < -0.4 is 15.4 Å². The number of hydrogen-bond donors (Lipinski definition) is 1.